The molecule has 0 amide bonds. The highest BCUT2D eigenvalue weighted by molar-refractivity contribution is 5.71. The number of nitrogens with zero attached hydrogens (tertiary/aromatic N) is 3. The average Bonchev–Trinajstić information content (AvgIpc) is 3.67. The van der Waals surface area contributed by atoms with Crippen molar-refractivity contribution in [2.24, 2.45) is 11.8 Å². The van der Waals surface area contributed by atoms with Crippen LogP contribution in [-0.4, -0.2) is 46.1 Å². The van der Waals surface area contributed by atoms with Crippen LogP contribution in [0.5, 0.6) is 11.6 Å². The second-order valence-electron chi connectivity index (χ2n) is 11.4. The molecule has 210 valence electrons. The van der Waals surface area contributed by atoms with Crippen molar-refractivity contribution in [3.05, 3.63) is 70.9 Å². The number of rotatable bonds is 9. The van der Waals surface area contributed by atoms with Crippen LogP contribution in [-0.2, 0) is 17.8 Å². The predicted octanol–water partition coefficient (Wildman–Crippen LogP) is 6.17. The van der Waals surface area contributed by atoms with E-state index in [4.69, 9.17) is 14.5 Å². The van der Waals surface area contributed by atoms with Gasteiger partial charge >= 0.3 is 5.97 Å². The molecule has 3 atom stereocenters. The Labute approximate surface area is 234 Å². The van der Waals surface area contributed by atoms with Crippen LogP contribution in [0.15, 0.2) is 42.6 Å². The summed E-state index contributed by atoms with van der Waals surface area (Å²) in [5.74, 6) is -0.0343. The van der Waals surface area contributed by atoms with Crippen molar-refractivity contribution >= 4 is 5.97 Å². The highest BCUT2D eigenvalue weighted by Crippen LogP contribution is 2.48. The van der Waals surface area contributed by atoms with E-state index in [0.717, 1.165) is 85.4 Å². The van der Waals surface area contributed by atoms with Crippen LogP contribution in [0, 0.1) is 17.7 Å². The Hall–Kier alpha value is -3.52. The fourth-order valence-electron chi connectivity index (χ4n) is 6.33. The highest BCUT2D eigenvalue weighted by Gasteiger charge is 2.39. The molecule has 0 spiro atoms. The van der Waals surface area contributed by atoms with Gasteiger partial charge in [0.1, 0.15) is 17.7 Å². The summed E-state index contributed by atoms with van der Waals surface area (Å²) in [7, 11) is 1.52. The van der Waals surface area contributed by atoms with Gasteiger partial charge in [0.2, 0.25) is 5.88 Å². The number of hydrogen-bond donors (Lipinski definition) is 1. The number of pyridine rings is 2. The molecule has 2 aliphatic heterocycles. The average molecular weight is 546 g/mol. The summed E-state index contributed by atoms with van der Waals surface area (Å²) in [6, 6.07) is 11.8. The summed E-state index contributed by atoms with van der Waals surface area (Å²) in [4.78, 5) is 23.3. The van der Waals surface area contributed by atoms with Gasteiger partial charge in [-0.3, -0.25) is 14.7 Å². The number of aliphatic carboxylic acids is 1. The van der Waals surface area contributed by atoms with Crippen molar-refractivity contribution in [1.82, 2.24) is 14.9 Å². The maximum absolute atomic E-state index is 15.0. The number of methoxy groups -OCH3 is 1. The molecule has 3 aromatic rings. The Bertz CT molecular complexity index is 1400. The number of halogens is 1. The monoisotopic (exact) mass is 545 g/mol. The third-order valence-corrected chi connectivity index (χ3v) is 8.71. The summed E-state index contributed by atoms with van der Waals surface area (Å²) < 4.78 is 26.8. The Morgan fingerprint density at radius 1 is 1.15 bits per heavy atom. The number of ether oxygens (including phenoxy) is 2. The van der Waals surface area contributed by atoms with Gasteiger partial charge in [0.05, 0.1) is 30.6 Å². The van der Waals surface area contributed by atoms with Crippen molar-refractivity contribution in [3.8, 4) is 22.8 Å². The van der Waals surface area contributed by atoms with E-state index in [9.17, 15) is 14.3 Å². The molecule has 1 aliphatic carbocycles. The summed E-state index contributed by atoms with van der Waals surface area (Å²) in [5, 5.41) is 9.72. The first-order valence-corrected chi connectivity index (χ1v) is 14.4. The van der Waals surface area contributed by atoms with Gasteiger partial charge in [0.15, 0.2) is 0 Å². The standard InChI is InChI=1S/C32H36FN3O4/c1-19(32(37)38)31(21-6-7-21)22-8-5-20-9-12-28(40-29(20)15-22)26-11-10-23(24-16-30(39-2)34-17-25(24)33)27(35-26)18-36-13-3-4-14-36/h5,8,10-11,15-17,19,21,28,31H,3-4,6-7,9,12-14,18H2,1-2H3,(H,37,38)/t19-,28?,31?/m0/s1. The van der Waals surface area contributed by atoms with Gasteiger partial charge in [-0.2, -0.15) is 0 Å². The Morgan fingerprint density at radius 2 is 1.95 bits per heavy atom. The minimum absolute atomic E-state index is 0.0106. The van der Waals surface area contributed by atoms with Gasteiger partial charge in [-0.25, -0.2) is 9.37 Å². The Morgan fingerprint density at radius 3 is 2.67 bits per heavy atom. The van der Waals surface area contributed by atoms with E-state index in [0.29, 0.717) is 23.9 Å². The quantitative estimate of drug-likeness (QED) is 0.344. The van der Waals surface area contributed by atoms with E-state index < -0.39 is 17.7 Å². The summed E-state index contributed by atoms with van der Waals surface area (Å²) in [6.07, 6.45) is 7.05. The minimum atomic E-state index is -0.758. The molecule has 40 heavy (non-hydrogen) atoms. The third-order valence-electron chi connectivity index (χ3n) is 8.71. The SMILES string of the molecule is COc1cc(-c2ccc(C3CCc4ccc(C(C5CC5)[C@H](C)C(=O)O)cc4O3)nc2CN2CCCC2)c(F)cn1. The zero-order valence-corrected chi connectivity index (χ0v) is 23.1. The molecule has 2 fully saturated rings. The number of carboxylic acids is 1. The summed E-state index contributed by atoms with van der Waals surface area (Å²) >= 11 is 0. The van der Waals surface area contributed by atoms with Crippen molar-refractivity contribution in [2.45, 2.75) is 64.0 Å². The Kier molecular flexibility index (Phi) is 7.45. The van der Waals surface area contributed by atoms with E-state index in [1.54, 1.807) is 6.07 Å². The number of carboxylic acid groups (broad SMARTS) is 1. The molecule has 1 saturated carbocycles. The van der Waals surface area contributed by atoms with Crippen molar-refractivity contribution in [1.29, 1.82) is 0 Å². The second-order valence-corrected chi connectivity index (χ2v) is 11.4. The van der Waals surface area contributed by atoms with Gasteiger partial charge in [-0.05, 0) is 86.7 Å². The molecule has 1 N–H and O–H groups in total. The predicted molar refractivity (Wildman–Crippen MR) is 149 cm³/mol. The molecule has 8 heteroatoms. The largest absolute Gasteiger partial charge is 0.484 e. The first-order chi connectivity index (χ1) is 19.4. The normalized spacial score (nSPS) is 20.4. The topological polar surface area (TPSA) is 84.8 Å². The molecule has 4 heterocycles. The maximum atomic E-state index is 15.0. The van der Waals surface area contributed by atoms with Gasteiger partial charge in [0, 0.05) is 23.7 Å². The smallest absolute Gasteiger partial charge is 0.306 e. The van der Waals surface area contributed by atoms with Crippen molar-refractivity contribution in [2.75, 3.05) is 20.2 Å². The molecule has 0 radical (unpaired) electrons. The fourth-order valence-corrected chi connectivity index (χ4v) is 6.33. The lowest BCUT2D eigenvalue weighted by Crippen LogP contribution is -2.22. The molecule has 2 aromatic heterocycles. The number of aromatic nitrogens is 2. The summed E-state index contributed by atoms with van der Waals surface area (Å²) in [6.45, 7) is 4.45. The van der Waals surface area contributed by atoms with Crippen LogP contribution in [0.25, 0.3) is 11.1 Å². The molecular weight excluding hydrogens is 509 g/mol. The van der Waals surface area contributed by atoms with E-state index in [-0.39, 0.29) is 12.0 Å². The zero-order valence-electron chi connectivity index (χ0n) is 23.1. The summed E-state index contributed by atoms with van der Waals surface area (Å²) in [5.41, 5.74) is 4.99. The first kappa shape index (κ1) is 26.7. The number of benzene rings is 1. The molecule has 1 aromatic carbocycles. The van der Waals surface area contributed by atoms with Crippen molar-refractivity contribution < 1.29 is 23.8 Å². The molecule has 0 bridgehead atoms. The fraction of sp³-hybridized carbons (Fsp3) is 0.469. The number of carbonyl (C=O) groups is 1. The maximum Gasteiger partial charge on any atom is 0.306 e. The molecule has 7 nitrogen and oxygen atoms in total. The zero-order chi connectivity index (χ0) is 27.8. The third kappa shape index (κ3) is 5.42. The molecular formula is C32H36FN3O4. The van der Waals surface area contributed by atoms with Crippen LogP contribution >= 0.6 is 0 Å². The van der Waals surface area contributed by atoms with E-state index in [2.05, 4.69) is 28.1 Å². The highest BCUT2D eigenvalue weighted by atomic mass is 19.1. The lowest BCUT2D eigenvalue weighted by molar-refractivity contribution is -0.142. The first-order valence-electron chi connectivity index (χ1n) is 14.4. The molecule has 3 aliphatic rings. The number of hydrogen-bond acceptors (Lipinski definition) is 6. The van der Waals surface area contributed by atoms with Gasteiger partial charge < -0.3 is 14.6 Å². The van der Waals surface area contributed by atoms with Crippen LogP contribution in [0.3, 0.4) is 0 Å². The number of aryl methyl sites for hydroxylation is 1. The van der Waals surface area contributed by atoms with E-state index in [1.165, 1.54) is 13.3 Å². The molecule has 2 unspecified atom stereocenters. The van der Waals surface area contributed by atoms with Crippen LogP contribution < -0.4 is 9.47 Å². The van der Waals surface area contributed by atoms with E-state index in [1.807, 2.05) is 19.1 Å². The van der Waals surface area contributed by atoms with E-state index >= 15 is 0 Å². The van der Waals surface area contributed by atoms with Gasteiger partial charge in [-0.15, -0.1) is 0 Å². The van der Waals surface area contributed by atoms with Crippen molar-refractivity contribution in [3.63, 3.8) is 0 Å². The minimum Gasteiger partial charge on any atom is -0.484 e. The van der Waals surface area contributed by atoms with Gasteiger partial charge in [0.25, 0.3) is 0 Å². The second kappa shape index (κ2) is 11.2. The lowest BCUT2D eigenvalue weighted by atomic mass is 9.82. The van der Waals surface area contributed by atoms with Gasteiger partial charge in [-0.1, -0.05) is 25.1 Å². The van der Waals surface area contributed by atoms with Crippen LogP contribution in [0.1, 0.15) is 73.6 Å². The number of fused-ring (bicyclic) bond motifs is 1. The van der Waals surface area contributed by atoms with Crippen LogP contribution in [0.2, 0.25) is 0 Å². The van der Waals surface area contributed by atoms with Crippen LogP contribution in [0.4, 0.5) is 4.39 Å². The number of likely N-dealkylation sites (tertiary alicyclic amines) is 1. The Balaban J connectivity index is 1.31. The lowest BCUT2D eigenvalue weighted by Gasteiger charge is -2.29. The molecule has 1 saturated heterocycles. The molecule has 6 rings (SSSR count).